The Hall–Kier alpha value is -1.55. The quantitative estimate of drug-likeness (QED) is 0.889. The highest BCUT2D eigenvalue weighted by Crippen LogP contribution is 2.23. The maximum atomic E-state index is 12.5. The molecule has 1 aromatic carbocycles. The Balaban J connectivity index is 1.43. The van der Waals surface area contributed by atoms with Gasteiger partial charge in [0.25, 0.3) is 0 Å². The zero-order valence-corrected chi connectivity index (χ0v) is 16.1. The van der Waals surface area contributed by atoms with Gasteiger partial charge in [-0.15, -0.1) is 0 Å². The van der Waals surface area contributed by atoms with Crippen LogP contribution in [0.25, 0.3) is 0 Å². The van der Waals surface area contributed by atoms with Crippen molar-refractivity contribution in [2.24, 2.45) is 11.8 Å². The average molecular weight is 344 g/mol. The van der Waals surface area contributed by atoms with Crippen LogP contribution in [0.1, 0.15) is 43.7 Å². The second-order valence-electron chi connectivity index (χ2n) is 8.14. The fourth-order valence-electron chi connectivity index (χ4n) is 3.95. The van der Waals surface area contributed by atoms with E-state index in [4.69, 9.17) is 0 Å². The number of rotatable bonds is 3. The van der Waals surface area contributed by atoms with Crippen molar-refractivity contribution in [2.75, 3.05) is 38.0 Å². The number of hydrogen-bond acceptors (Lipinski definition) is 2. The van der Waals surface area contributed by atoms with Crippen molar-refractivity contribution in [1.82, 2.24) is 9.80 Å². The summed E-state index contributed by atoms with van der Waals surface area (Å²) in [5.41, 5.74) is 3.37. The van der Waals surface area contributed by atoms with Gasteiger partial charge in [-0.1, -0.05) is 13.0 Å². The number of benzene rings is 1. The molecule has 25 heavy (non-hydrogen) atoms. The molecule has 0 aromatic heterocycles. The first-order valence-corrected chi connectivity index (χ1v) is 9.87. The van der Waals surface area contributed by atoms with E-state index in [0.29, 0.717) is 0 Å². The summed E-state index contributed by atoms with van der Waals surface area (Å²) in [6.07, 6.45) is 4.95. The van der Waals surface area contributed by atoms with Crippen LogP contribution >= 0.6 is 0 Å². The Morgan fingerprint density at radius 2 is 1.72 bits per heavy atom. The summed E-state index contributed by atoms with van der Waals surface area (Å²) < 4.78 is 0. The minimum absolute atomic E-state index is 0.0495. The second-order valence-corrected chi connectivity index (χ2v) is 8.14. The van der Waals surface area contributed by atoms with Gasteiger partial charge in [-0.2, -0.15) is 0 Å². The molecular weight excluding hydrogens is 310 g/mol. The number of piperidine rings is 2. The van der Waals surface area contributed by atoms with Crippen LogP contribution in [-0.4, -0.2) is 48.6 Å². The lowest BCUT2D eigenvalue weighted by Crippen LogP contribution is -2.44. The first kappa shape index (κ1) is 18.2. The Bertz CT molecular complexity index is 585. The number of urea groups is 1. The van der Waals surface area contributed by atoms with Crippen LogP contribution in [0.3, 0.4) is 0 Å². The fourth-order valence-corrected chi connectivity index (χ4v) is 3.95. The average Bonchev–Trinajstić information content (AvgIpc) is 2.61. The van der Waals surface area contributed by atoms with Crippen LogP contribution in [0.15, 0.2) is 18.2 Å². The molecule has 0 aliphatic carbocycles. The van der Waals surface area contributed by atoms with Crippen LogP contribution in [0, 0.1) is 25.7 Å². The number of aryl methyl sites for hydroxylation is 2. The zero-order valence-electron chi connectivity index (χ0n) is 16.1. The molecule has 0 atom stereocenters. The van der Waals surface area contributed by atoms with Gasteiger partial charge in [0.05, 0.1) is 0 Å². The Kier molecular flexibility index (Phi) is 6.00. The van der Waals surface area contributed by atoms with Crippen LogP contribution in [0.4, 0.5) is 10.5 Å². The van der Waals surface area contributed by atoms with Crippen LogP contribution in [-0.2, 0) is 0 Å². The molecular formula is C21H33N3O. The van der Waals surface area contributed by atoms with Gasteiger partial charge in [0.1, 0.15) is 0 Å². The van der Waals surface area contributed by atoms with Gasteiger partial charge >= 0.3 is 6.03 Å². The molecule has 3 rings (SSSR count). The zero-order chi connectivity index (χ0) is 17.8. The summed E-state index contributed by atoms with van der Waals surface area (Å²) in [7, 11) is 0. The lowest BCUT2D eigenvalue weighted by atomic mass is 9.93. The number of anilines is 1. The van der Waals surface area contributed by atoms with Gasteiger partial charge in [0.15, 0.2) is 0 Å². The lowest BCUT2D eigenvalue weighted by molar-refractivity contribution is 0.130. The number of nitrogens with one attached hydrogen (secondary N) is 1. The number of amides is 2. The summed E-state index contributed by atoms with van der Waals surface area (Å²) in [6.45, 7) is 12.0. The molecule has 2 amide bonds. The van der Waals surface area contributed by atoms with Crippen LogP contribution in [0.2, 0.25) is 0 Å². The predicted molar refractivity (Wildman–Crippen MR) is 104 cm³/mol. The van der Waals surface area contributed by atoms with Gasteiger partial charge in [0.2, 0.25) is 0 Å². The van der Waals surface area contributed by atoms with E-state index in [0.717, 1.165) is 43.5 Å². The van der Waals surface area contributed by atoms with Gasteiger partial charge in [0, 0.05) is 25.3 Å². The van der Waals surface area contributed by atoms with E-state index in [1.54, 1.807) is 0 Å². The molecule has 1 aromatic rings. The lowest BCUT2D eigenvalue weighted by Gasteiger charge is -2.37. The highest BCUT2D eigenvalue weighted by Gasteiger charge is 2.25. The number of nitrogens with zero attached hydrogens (tertiary/aromatic N) is 2. The molecule has 0 spiro atoms. The third kappa shape index (κ3) is 4.97. The van der Waals surface area contributed by atoms with Crippen molar-refractivity contribution < 1.29 is 4.79 Å². The van der Waals surface area contributed by atoms with Gasteiger partial charge in [-0.05, 0) is 87.7 Å². The van der Waals surface area contributed by atoms with E-state index in [9.17, 15) is 4.79 Å². The Morgan fingerprint density at radius 3 is 2.36 bits per heavy atom. The number of carbonyl (C=O) groups excluding carboxylic acids is 1. The van der Waals surface area contributed by atoms with Crippen molar-refractivity contribution in [3.05, 3.63) is 29.3 Å². The first-order valence-electron chi connectivity index (χ1n) is 9.87. The molecule has 0 bridgehead atoms. The summed E-state index contributed by atoms with van der Waals surface area (Å²) in [4.78, 5) is 17.1. The van der Waals surface area contributed by atoms with E-state index in [1.807, 2.05) is 11.0 Å². The standard InChI is InChI=1S/C21H33N3O/c1-16-6-10-23(11-7-16)15-19-8-12-24(13-9-19)21(25)22-20-5-4-17(2)18(3)14-20/h4-5,14,16,19H,6-13,15H2,1-3H3,(H,22,25). The Labute approximate surface area is 152 Å². The summed E-state index contributed by atoms with van der Waals surface area (Å²) in [5.74, 6) is 1.64. The second kappa shape index (κ2) is 8.22. The summed E-state index contributed by atoms with van der Waals surface area (Å²) >= 11 is 0. The van der Waals surface area contributed by atoms with Crippen molar-refractivity contribution in [1.29, 1.82) is 0 Å². The molecule has 2 heterocycles. The molecule has 2 fully saturated rings. The molecule has 2 aliphatic heterocycles. The van der Waals surface area contributed by atoms with Gasteiger partial charge in [-0.3, -0.25) is 0 Å². The van der Waals surface area contributed by atoms with Crippen LogP contribution in [0.5, 0.6) is 0 Å². The van der Waals surface area contributed by atoms with E-state index < -0.39 is 0 Å². The predicted octanol–water partition coefficient (Wildman–Crippen LogP) is 4.28. The minimum Gasteiger partial charge on any atom is -0.325 e. The molecule has 2 saturated heterocycles. The monoisotopic (exact) mass is 343 g/mol. The van der Waals surface area contributed by atoms with Crippen molar-refractivity contribution >= 4 is 11.7 Å². The molecule has 2 aliphatic rings. The summed E-state index contributed by atoms with van der Waals surface area (Å²) in [6, 6.07) is 6.16. The van der Waals surface area contributed by atoms with Crippen molar-refractivity contribution in [2.45, 2.75) is 46.5 Å². The van der Waals surface area contributed by atoms with E-state index in [-0.39, 0.29) is 6.03 Å². The SMILES string of the molecule is Cc1ccc(NC(=O)N2CCC(CN3CCC(C)CC3)CC2)cc1C. The molecule has 0 radical (unpaired) electrons. The topological polar surface area (TPSA) is 35.6 Å². The molecule has 4 nitrogen and oxygen atoms in total. The number of hydrogen-bond donors (Lipinski definition) is 1. The van der Waals surface area contributed by atoms with Gasteiger partial charge in [-0.25, -0.2) is 4.79 Å². The molecule has 0 unspecified atom stereocenters. The highest BCUT2D eigenvalue weighted by atomic mass is 16.2. The van der Waals surface area contributed by atoms with E-state index in [1.165, 1.54) is 43.6 Å². The Morgan fingerprint density at radius 1 is 1.04 bits per heavy atom. The van der Waals surface area contributed by atoms with Crippen LogP contribution < -0.4 is 5.32 Å². The molecule has 138 valence electrons. The first-order chi connectivity index (χ1) is 12.0. The van der Waals surface area contributed by atoms with Crippen molar-refractivity contribution in [3.63, 3.8) is 0 Å². The van der Waals surface area contributed by atoms with Gasteiger partial charge < -0.3 is 15.1 Å². The largest absolute Gasteiger partial charge is 0.325 e. The third-order valence-electron chi connectivity index (χ3n) is 6.05. The molecule has 4 heteroatoms. The molecule has 1 N–H and O–H groups in total. The summed E-state index contributed by atoms with van der Waals surface area (Å²) in [5, 5.41) is 3.06. The smallest absolute Gasteiger partial charge is 0.321 e. The highest BCUT2D eigenvalue weighted by molar-refractivity contribution is 5.89. The normalized spacial score (nSPS) is 20.7. The number of likely N-dealkylation sites (tertiary alicyclic amines) is 2. The van der Waals surface area contributed by atoms with E-state index >= 15 is 0 Å². The van der Waals surface area contributed by atoms with E-state index in [2.05, 4.69) is 43.1 Å². The molecule has 0 saturated carbocycles. The maximum Gasteiger partial charge on any atom is 0.321 e. The third-order valence-corrected chi connectivity index (χ3v) is 6.05. The minimum atomic E-state index is 0.0495. The number of carbonyl (C=O) groups is 1. The maximum absolute atomic E-state index is 12.5. The fraction of sp³-hybridized carbons (Fsp3) is 0.667. The van der Waals surface area contributed by atoms with Crippen molar-refractivity contribution in [3.8, 4) is 0 Å².